The summed E-state index contributed by atoms with van der Waals surface area (Å²) in [5.74, 6) is -2.02. The molecular formula is C12H17N3O5S. The van der Waals surface area contributed by atoms with Crippen LogP contribution in [0.15, 0.2) is 23.1 Å². The first-order valence-corrected chi connectivity index (χ1v) is 7.44. The fourth-order valence-electron chi connectivity index (χ4n) is 1.74. The second kappa shape index (κ2) is 6.10. The molecular weight excluding hydrogens is 298 g/mol. The van der Waals surface area contributed by atoms with Crippen molar-refractivity contribution in [1.29, 1.82) is 0 Å². The number of carbonyl (C=O) groups is 2. The van der Waals surface area contributed by atoms with Crippen LogP contribution in [0.25, 0.3) is 0 Å². The lowest BCUT2D eigenvalue weighted by molar-refractivity contribution is -0.118. The molecule has 116 valence electrons. The van der Waals surface area contributed by atoms with E-state index in [4.69, 9.17) is 16.6 Å². The Kier molecular flexibility index (Phi) is 4.92. The van der Waals surface area contributed by atoms with E-state index in [0.717, 1.165) is 22.5 Å². The molecule has 1 amide bonds. The molecule has 0 radical (unpaired) electrons. The Morgan fingerprint density at radius 1 is 1.33 bits per heavy atom. The quantitative estimate of drug-likeness (QED) is 0.623. The fraction of sp³-hybridized carbons (Fsp3) is 0.333. The molecule has 0 saturated heterocycles. The molecule has 0 aromatic heterocycles. The highest BCUT2D eigenvalue weighted by molar-refractivity contribution is 7.89. The zero-order valence-corrected chi connectivity index (χ0v) is 12.4. The Bertz CT molecular complexity index is 669. The summed E-state index contributed by atoms with van der Waals surface area (Å²) >= 11 is 0. The number of carboxylic acids is 1. The number of primary amides is 1. The van der Waals surface area contributed by atoms with E-state index in [1.807, 2.05) is 0 Å². The van der Waals surface area contributed by atoms with Gasteiger partial charge in [0.05, 0.1) is 17.8 Å². The number of anilines is 1. The van der Waals surface area contributed by atoms with Gasteiger partial charge in [0, 0.05) is 6.04 Å². The highest BCUT2D eigenvalue weighted by Gasteiger charge is 2.30. The van der Waals surface area contributed by atoms with Crippen molar-refractivity contribution in [2.24, 2.45) is 5.73 Å². The minimum atomic E-state index is -4.05. The predicted octanol–water partition coefficient (Wildman–Crippen LogP) is -0.149. The lowest BCUT2D eigenvalue weighted by Gasteiger charge is -2.25. The standard InChI is InChI=1S/C12H17N3O5S/c1-7(2)15(6-11(14)16)21(19,20)10-4-3-8(12(17)18)5-9(10)13/h3-5,7H,6,13H2,1-2H3,(H2,14,16)(H,17,18). The molecule has 21 heavy (non-hydrogen) atoms. The van der Waals surface area contributed by atoms with E-state index in [2.05, 4.69) is 0 Å². The molecule has 0 bridgehead atoms. The van der Waals surface area contributed by atoms with Gasteiger partial charge in [-0.25, -0.2) is 13.2 Å². The molecule has 9 heteroatoms. The van der Waals surface area contributed by atoms with Crippen LogP contribution in [0, 0.1) is 0 Å². The molecule has 0 fully saturated rings. The summed E-state index contributed by atoms with van der Waals surface area (Å²) in [6.45, 7) is 2.69. The zero-order chi connectivity index (χ0) is 16.4. The van der Waals surface area contributed by atoms with Gasteiger partial charge < -0.3 is 16.6 Å². The van der Waals surface area contributed by atoms with Gasteiger partial charge in [0.1, 0.15) is 4.90 Å². The maximum atomic E-state index is 12.5. The molecule has 1 aromatic rings. The van der Waals surface area contributed by atoms with Crippen molar-refractivity contribution < 1.29 is 23.1 Å². The predicted molar refractivity (Wildman–Crippen MR) is 76.0 cm³/mol. The maximum absolute atomic E-state index is 12.5. The maximum Gasteiger partial charge on any atom is 0.335 e. The minimum absolute atomic E-state index is 0.127. The molecule has 0 aliphatic rings. The van der Waals surface area contributed by atoms with Crippen molar-refractivity contribution in [1.82, 2.24) is 4.31 Å². The normalized spacial score (nSPS) is 11.8. The highest BCUT2D eigenvalue weighted by atomic mass is 32.2. The van der Waals surface area contributed by atoms with Gasteiger partial charge in [-0.2, -0.15) is 4.31 Å². The topological polar surface area (TPSA) is 144 Å². The summed E-state index contributed by atoms with van der Waals surface area (Å²) < 4.78 is 25.9. The second-order valence-corrected chi connectivity index (χ2v) is 6.53. The number of nitrogens with zero attached hydrogens (tertiary/aromatic N) is 1. The van der Waals surface area contributed by atoms with Gasteiger partial charge in [0.15, 0.2) is 0 Å². The number of carboxylic acid groups (broad SMARTS) is 1. The molecule has 0 saturated carbocycles. The van der Waals surface area contributed by atoms with Crippen LogP contribution >= 0.6 is 0 Å². The van der Waals surface area contributed by atoms with E-state index in [1.165, 1.54) is 0 Å². The summed E-state index contributed by atoms with van der Waals surface area (Å²) in [6.07, 6.45) is 0. The molecule has 0 heterocycles. The Morgan fingerprint density at radius 2 is 1.90 bits per heavy atom. The zero-order valence-electron chi connectivity index (χ0n) is 11.6. The van der Waals surface area contributed by atoms with Crippen molar-refractivity contribution in [2.45, 2.75) is 24.8 Å². The monoisotopic (exact) mass is 315 g/mol. The van der Waals surface area contributed by atoms with E-state index in [0.29, 0.717) is 0 Å². The van der Waals surface area contributed by atoms with Crippen LogP contribution in [0.5, 0.6) is 0 Å². The van der Waals surface area contributed by atoms with Crippen LogP contribution in [0.4, 0.5) is 5.69 Å². The second-order valence-electron chi connectivity index (χ2n) is 4.67. The number of amides is 1. The Hall–Kier alpha value is -2.13. The molecule has 0 atom stereocenters. The van der Waals surface area contributed by atoms with Crippen LogP contribution in [0.1, 0.15) is 24.2 Å². The Balaban J connectivity index is 3.35. The van der Waals surface area contributed by atoms with Crippen LogP contribution in [-0.2, 0) is 14.8 Å². The van der Waals surface area contributed by atoms with Crippen molar-refractivity contribution in [3.63, 3.8) is 0 Å². The summed E-state index contributed by atoms with van der Waals surface area (Å²) in [5.41, 5.74) is 10.4. The van der Waals surface area contributed by atoms with Crippen molar-refractivity contribution in [3.05, 3.63) is 23.8 Å². The molecule has 0 aliphatic carbocycles. The third kappa shape index (κ3) is 3.70. The SMILES string of the molecule is CC(C)N(CC(N)=O)S(=O)(=O)c1ccc(C(=O)O)cc1N. The van der Waals surface area contributed by atoms with Gasteiger partial charge in [-0.15, -0.1) is 0 Å². The number of rotatable bonds is 6. The summed E-state index contributed by atoms with van der Waals surface area (Å²) in [5, 5.41) is 8.84. The third-order valence-corrected chi connectivity index (χ3v) is 4.83. The molecule has 0 aliphatic heterocycles. The third-order valence-electron chi connectivity index (χ3n) is 2.73. The lowest BCUT2D eigenvalue weighted by atomic mass is 10.2. The number of hydrogen-bond acceptors (Lipinski definition) is 5. The molecule has 1 rings (SSSR count). The number of carbonyl (C=O) groups excluding carboxylic acids is 1. The van der Waals surface area contributed by atoms with E-state index >= 15 is 0 Å². The van der Waals surface area contributed by atoms with Gasteiger partial charge in [0.2, 0.25) is 15.9 Å². The number of sulfonamides is 1. The molecule has 0 spiro atoms. The average molecular weight is 315 g/mol. The van der Waals surface area contributed by atoms with Crippen molar-refractivity contribution in [2.75, 3.05) is 12.3 Å². The van der Waals surface area contributed by atoms with Gasteiger partial charge in [-0.3, -0.25) is 4.79 Å². The molecule has 8 nitrogen and oxygen atoms in total. The van der Waals surface area contributed by atoms with Gasteiger partial charge in [0.25, 0.3) is 0 Å². The summed E-state index contributed by atoms with van der Waals surface area (Å²) in [6, 6.07) is 2.78. The number of hydrogen-bond donors (Lipinski definition) is 3. The van der Waals surface area contributed by atoms with E-state index in [1.54, 1.807) is 13.8 Å². The van der Waals surface area contributed by atoms with Crippen molar-refractivity contribution in [3.8, 4) is 0 Å². The van der Waals surface area contributed by atoms with Gasteiger partial charge in [-0.1, -0.05) is 0 Å². The van der Waals surface area contributed by atoms with Gasteiger partial charge in [-0.05, 0) is 32.0 Å². The van der Waals surface area contributed by atoms with Gasteiger partial charge >= 0.3 is 5.97 Å². The van der Waals surface area contributed by atoms with Crippen LogP contribution in [-0.4, -0.2) is 42.3 Å². The largest absolute Gasteiger partial charge is 0.478 e. The van der Waals surface area contributed by atoms with E-state index in [9.17, 15) is 18.0 Å². The molecule has 0 unspecified atom stereocenters. The highest BCUT2D eigenvalue weighted by Crippen LogP contribution is 2.24. The fourth-order valence-corrected chi connectivity index (χ4v) is 3.44. The molecule has 1 aromatic carbocycles. The molecule has 5 N–H and O–H groups in total. The first-order valence-electron chi connectivity index (χ1n) is 6.00. The first kappa shape index (κ1) is 16.9. The van der Waals surface area contributed by atoms with Crippen LogP contribution < -0.4 is 11.5 Å². The summed E-state index contributed by atoms with van der Waals surface area (Å²) in [7, 11) is -4.05. The first-order chi connectivity index (χ1) is 9.57. The van der Waals surface area contributed by atoms with E-state index < -0.39 is 34.5 Å². The van der Waals surface area contributed by atoms with Crippen LogP contribution in [0.2, 0.25) is 0 Å². The van der Waals surface area contributed by atoms with Crippen LogP contribution in [0.3, 0.4) is 0 Å². The number of nitrogens with two attached hydrogens (primary N) is 2. The number of aromatic carboxylic acids is 1. The summed E-state index contributed by atoms with van der Waals surface area (Å²) in [4.78, 5) is 21.6. The smallest absolute Gasteiger partial charge is 0.335 e. The Labute approximate surface area is 122 Å². The number of nitrogen functional groups attached to an aromatic ring is 1. The Morgan fingerprint density at radius 3 is 2.29 bits per heavy atom. The lowest BCUT2D eigenvalue weighted by Crippen LogP contribution is -2.42. The minimum Gasteiger partial charge on any atom is -0.478 e. The van der Waals surface area contributed by atoms with Crippen molar-refractivity contribution >= 4 is 27.6 Å². The number of benzene rings is 1. The average Bonchev–Trinajstić information content (AvgIpc) is 2.34. The van der Waals surface area contributed by atoms with E-state index in [-0.39, 0.29) is 16.1 Å².